The van der Waals surface area contributed by atoms with Gasteiger partial charge in [-0.05, 0) is 31.0 Å². The van der Waals surface area contributed by atoms with E-state index in [1.54, 1.807) is 10.9 Å². The molecule has 0 fully saturated rings. The summed E-state index contributed by atoms with van der Waals surface area (Å²) in [4.78, 5) is 9.12. The third-order valence-corrected chi connectivity index (χ3v) is 3.41. The van der Waals surface area contributed by atoms with Crippen LogP contribution in [0.5, 0.6) is 0 Å². The number of nitrogens with zero attached hydrogens (tertiary/aromatic N) is 4. The van der Waals surface area contributed by atoms with E-state index in [1.807, 2.05) is 19.2 Å². The standard InChI is InChI=1S/C16H20N6/c1-4-8-17-16-20-14(13-10-18-22(3)15(13)21-16)19-12-7-5-6-11(2)9-12/h5-7,9-10H,4,8H2,1-3H3,(H2,17,19,20,21). The predicted molar refractivity (Wildman–Crippen MR) is 89.5 cm³/mol. The van der Waals surface area contributed by atoms with Gasteiger partial charge in [0.2, 0.25) is 5.95 Å². The van der Waals surface area contributed by atoms with Gasteiger partial charge in [-0.25, -0.2) is 0 Å². The first-order chi connectivity index (χ1) is 10.7. The van der Waals surface area contributed by atoms with E-state index in [0.717, 1.165) is 35.5 Å². The van der Waals surface area contributed by atoms with Gasteiger partial charge < -0.3 is 10.6 Å². The zero-order chi connectivity index (χ0) is 15.5. The molecule has 2 heterocycles. The van der Waals surface area contributed by atoms with Crippen LogP contribution in [0, 0.1) is 6.92 Å². The van der Waals surface area contributed by atoms with Crippen LogP contribution in [0.15, 0.2) is 30.5 Å². The van der Waals surface area contributed by atoms with Crippen LogP contribution in [0.1, 0.15) is 18.9 Å². The average molecular weight is 296 g/mol. The van der Waals surface area contributed by atoms with E-state index in [9.17, 15) is 0 Å². The zero-order valence-electron chi connectivity index (χ0n) is 13.1. The van der Waals surface area contributed by atoms with Gasteiger partial charge in [0, 0.05) is 19.3 Å². The zero-order valence-corrected chi connectivity index (χ0v) is 13.1. The Morgan fingerprint density at radius 3 is 2.86 bits per heavy atom. The van der Waals surface area contributed by atoms with Gasteiger partial charge in [0.05, 0.1) is 11.6 Å². The molecule has 6 heteroatoms. The van der Waals surface area contributed by atoms with Gasteiger partial charge >= 0.3 is 0 Å². The summed E-state index contributed by atoms with van der Waals surface area (Å²) >= 11 is 0. The topological polar surface area (TPSA) is 67.7 Å². The smallest absolute Gasteiger partial charge is 0.226 e. The minimum absolute atomic E-state index is 0.619. The number of fused-ring (bicyclic) bond motifs is 1. The first-order valence-electron chi connectivity index (χ1n) is 7.44. The lowest BCUT2D eigenvalue weighted by Crippen LogP contribution is -2.07. The number of aromatic nitrogens is 4. The molecule has 0 aliphatic heterocycles. The van der Waals surface area contributed by atoms with Crippen LogP contribution < -0.4 is 10.6 Å². The highest BCUT2D eigenvalue weighted by Gasteiger charge is 2.11. The summed E-state index contributed by atoms with van der Waals surface area (Å²) in [6.07, 6.45) is 2.81. The molecule has 0 saturated heterocycles. The highest BCUT2D eigenvalue weighted by Crippen LogP contribution is 2.25. The Labute approximate surface area is 129 Å². The van der Waals surface area contributed by atoms with Crippen molar-refractivity contribution in [3.8, 4) is 0 Å². The van der Waals surface area contributed by atoms with Gasteiger partial charge in [0.25, 0.3) is 0 Å². The Morgan fingerprint density at radius 2 is 2.09 bits per heavy atom. The molecule has 0 spiro atoms. The number of nitrogens with one attached hydrogen (secondary N) is 2. The van der Waals surface area contributed by atoms with Crippen LogP contribution in [-0.4, -0.2) is 26.3 Å². The molecule has 0 unspecified atom stereocenters. The molecule has 0 aliphatic carbocycles. The molecule has 0 amide bonds. The summed E-state index contributed by atoms with van der Waals surface area (Å²) in [6.45, 7) is 5.02. The molecule has 0 aliphatic rings. The van der Waals surface area contributed by atoms with Crippen molar-refractivity contribution in [3.05, 3.63) is 36.0 Å². The quantitative estimate of drug-likeness (QED) is 0.756. The van der Waals surface area contributed by atoms with Crippen molar-refractivity contribution in [3.63, 3.8) is 0 Å². The maximum atomic E-state index is 4.59. The fourth-order valence-corrected chi connectivity index (χ4v) is 2.29. The molecule has 2 aromatic heterocycles. The number of rotatable bonds is 5. The van der Waals surface area contributed by atoms with E-state index < -0.39 is 0 Å². The molecule has 0 atom stereocenters. The summed E-state index contributed by atoms with van der Waals surface area (Å²) in [6, 6.07) is 8.20. The summed E-state index contributed by atoms with van der Waals surface area (Å²) in [7, 11) is 1.88. The molecule has 3 rings (SSSR count). The number of aryl methyl sites for hydroxylation is 2. The van der Waals surface area contributed by atoms with E-state index in [4.69, 9.17) is 0 Å². The molecule has 0 radical (unpaired) electrons. The predicted octanol–water partition coefficient (Wildman–Crippen LogP) is 3.24. The van der Waals surface area contributed by atoms with Crippen LogP contribution in [0.3, 0.4) is 0 Å². The highest BCUT2D eigenvalue weighted by molar-refractivity contribution is 5.89. The fraction of sp³-hybridized carbons (Fsp3) is 0.312. The van der Waals surface area contributed by atoms with Gasteiger partial charge in [0.1, 0.15) is 5.82 Å². The summed E-state index contributed by atoms with van der Waals surface area (Å²) in [5, 5.41) is 11.8. The molecule has 1 aromatic carbocycles. The molecule has 0 saturated carbocycles. The maximum Gasteiger partial charge on any atom is 0.226 e. The van der Waals surface area contributed by atoms with Crippen LogP contribution >= 0.6 is 0 Å². The van der Waals surface area contributed by atoms with Crippen molar-refractivity contribution in [2.45, 2.75) is 20.3 Å². The number of hydrogen-bond donors (Lipinski definition) is 2. The molecular weight excluding hydrogens is 276 g/mol. The maximum absolute atomic E-state index is 4.59. The Balaban J connectivity index is 2.02. The third kappa shape index (κ3) is 2.86. The van der Waals surface area contributed by atoms with E-state index in [2.05, 4.69) is 51.7 Å². The van der Waals surface area contributed by atoms with Crippen molar-refractivity contribution in [2.24, 2.45) is 7.05 Å². The number of hydrogen-bond acceptors (Lipinski definition) is 5. The highest BCUT2D eigenvalue weighted by atomic mass is 15.3. The lowest BCUT2D eigenvalue weighted by atomic mass is 10.2. The molecule has 6 nitrogen and oxygen atoms in total. The second-order valence-electron chi connectivity index (χ2n) is 5.32. The lowest BCUT2D eigenvalue weighted by molar-refractivity contribution is 0.785. The van der Waals surface area contributed by atoms with Crippen molar-refractivity contribution < 1.29 is 0 Å². The van der Waals surface area contributed by atoms with Crippen LogP contribution in [-0.2, 0) is 7.05 Å². The monoisotopic (exact) mass is 296 g/mol. The van der Waals surface area contributed by atoms with E-state index >= 15 is 0 Å². The largest absolute Gasteiger partial charge is 0.354 e. The Bertz CT molecular complexity index is 792. The first kappa shape index (κ1) is 14.3. The summed E-state index contributed by atoms with van der Waals surface area (Å²) in [5.74, 6) is 1.38. The van der Waals surface area contributed by atoms with Crippen molar-refractivity contribution >= 4 is 28.5 Å². The Kier molecular flexibility index (Phi) is 3.91. The van der Waals surface area contributed by atoms with Crippen LogP contribution in [0.2, 0.25) is 0 Å². The van der Waals surface area contributed by atoms with E-state index in [1.165, 1.54) is 5.56 Å². The van der Waals surface area contributed by atoms with Crippen molar-refractivity contribution in [2.75, 3.05) is 17.2 Å². The van der Waals surface area contributed by atoms with E-state index in [0.29, 0.717) is 5.95 Å². The third-order valence-electron chi connectivity index (χ3n) is 3.41. The van der Waals surface area contributed by atoms with Gasteiger partial charge in [0.15, 0.2) is 5.65 Å². The van der Waals surface area contributed by atoms with Gasteiger partial charge in [-0.15, -0.1) is 0 Å². The lowest BCUT2D eigenvalue weighted by Gasteiger charge is -2.10. The summed E-state index contributed by atoms with van der Waals surface area (Å²) in [5.41, 5.74) is 3.01. The fourth-order valence-electron chi connectivity index (χ4n) is 2.29. The van der Waals surface area contributed by atoms with Crippen molar-refractivity contribution in [1.29, 1.82) is 0 Å². The Morgan fingerprint density at radius 1 is 1.23 bits per heavy atom. The number of benzene rings is 1. The normalized spacial score (nSPS) is 10.9. The molecule has 22 heavy (non-hydrogen) atoms. The van der Waals surface area contributed by atoms with E-state index in [-0.39, 0.29) is 0 Å². The van der Waals surface area contributed by atoms with Gasteiger partial charge in [-0.1, -0.05) is 19.1 Å². The minimum atomic E-state index is 0.619. The van der Waals surface area contributed by atoms with Crippen LogP contribution in [0.4, 0.5) is 17.5 Å². The molecule has 0 bridgehead atoms. The molecule has 114 valence electrons. The number of anilines is 3. The molecule has 3 aromatic rings. The first-order valence-corrected chi connectivity index (χ1v) is 7.44. The SMILES string of the molecule is CCCNc1nc(Nc2cccc(C)c2)c2cnn(C)c2n1. The molecule has 2 N–H and O–H groups in total. The summed E-state index contributed by atoms with van der Waals surface area (Å²) < 4.78 is 1.76. The van der Waals surface area contributed by atoms with Crippen LogP contribution in [0.25, 0.3) is 11.0 Å². The second kappa shape index (κ2) is 6.01. The second-order valence-corrected chi connectivity index (χ2v) is 5.32. The van der Waals surface area contributed by atoms with Gasteiger partial charge in [-0.2, -0.15) is 15.1 Å². The van der Waals surface area contributed by atoms with Crippen molar-refractivity contribution in [1.82, 2.24) is 19.7 Å². The average Bonchev–Trinajstić information content (AvgIpc) is 2.87. The Hall–Kier alpha value is -2.63. The van der Waals surface area contributed by atoms with Gasteiger partial charge in [-0.3, -0.25) is 4.68 Å². The minimum Gasteiger partial charge on any atom is -0.354 e. The molecular formula is C16H20N6.